The highest BCUT2D eigenvalue weighted by molar-refractivity contribution is 7.20. The lowest BCUT2D eigenvalue weighted by Crippen LogP contribution is -2.42. The lowest BCUT2D eigenvalue weighted by atomic mass is 9.98. The zero-order valence-electron chi connectivity index (χ0n) is 15.6. The highest BCUT2D eigenvalue weighted by Gasteiger charge is 2.23. The Hall–Kier alpha value is -2.94. The minimum absolute atomic E-state index is 0.171. The standard InChI is InChI=1S/C19H22N6O2S/c1-13-4-6-15(7-5-13)22-17(27)21-11-14-3-2-10-24(12-14)19-23-25-16(26)8-9-20-18(25)28-19/h4-9,14H,2-3,10-12H2,1H3,(H2,21,22,27)/t14-/m1/s1. The molecular formula is C19H22N6O2S. The number of benzene rings is 1. The van der Waals surface area contributed by atoms with Crippen LogP contribution in [0, 0.1) is 12.8 Å². The fourth-order valence-electron chi connectivity index (χ4n) is 3.32. The largest absolute Gasteiger partial charge is 0.346 e. The van der Waals surface area contributed by atoms with Crippen LogP contribution in [0.3, 0.4) is 0 Å². The van der Waals surface area contributed by atoms with E-state index in [1.54, 1.807) is 0 Å². The molecule has 1 aliphatic heterocycles. The second kappa shape index (κ2) is 7.97. The number of amides is 2. The van der Waals surface area contributed by atoms with Crippen LogP contribution in [0.15, 0.2) is 41.3 Å². The van der Waals surface area contributed by atoms with Gasteiger partial charge < -0.3 is 15.5 Å². The molecule has 0 aliphatic carbocycles. The third-order valence-corrected chi connectivity index (χ3v) is 5.79. The highest BCUT2D eigenvalue weighted by Crippen LogP contribution is 2.26. The van der Waals surface area contributed by atoms with Crippen molar-refractivity contribution < 1.29 is 4.79 Å². The zero-order chi connectivity index (χ0) is 19.5. The van der Waals surface area contributed by atoms with Gasteiger partial charge in [0.25, 0.3) is 5.56 Å². The molecule has 3 heterocycles. The lowest BCUT2D eigenvalue weighted by molar-refractivity contribution is 0.249. The number of hydrogen-bond acceptors (Lipinski definition) is 6. The SMILES string of the molecule is Cc1ccc(NC(=O)NC[C@H]2CCCN(c3nn4c(=O)ccnc4s3)C2)cc1. The number of aromatic nitrogens is 3. The van der Waals surface area contributed by atoms with Crippen molar-refractivity contribution in [3.8, 4) is 0 Å². The molecule has 0 radical (unpaired) electrons. The first-order valence-electron chi connectivity index (χ1n) is 9.30. The van der Waals surface area contributed by atoms with Crippen molar-refractivity contribution in [1.29, 1.82) is 0 Å². The number of rotatable bonds is 4. The van der Waals surface area contributed by atoms with Crippen LogP contribution < -0.4 is 21.1 Å². The van der Waals surface area contributed by atoms with Crippen LogP contribution in [-0.2, 0) is 0 Å². The van der Waals surface area contributed by atoms with Gasteiger partial charge in [0.1, 0.15) is 0 Å². The van der Waals surface area contributed by atoms with Crippen LogP contribution in [0.4, 0.5) is 15.6 Å². The van der Waals surface area contributed by atoms with Gasteiger partial charge in [-0.1, -0.05) is 29.0 Å². The number of urea groups is 1. The molecule has 0 saturated carbocycles. The fourth-order valence-corrected chi connectivity index (χ4v) is 4.23. The average Bonchev–Trinajstić information content (AvgIpc) is 3.14. The molecule has 146 valence electrons. The van der Waals surface area contributed by atoms with E-state index < -0.39 is 0 Å². The Morgan fingerprint density at radius 1 is 1.29 bits per heavy atom. The maximum Gasteiger partial charge on any atom is 0.319 e. The van der Waals surface area contributed by atoms with E-state index in [2.05, 4.69) is 25.6 Å². The molecule has 9 heteroatoms. The lowest BCUT2D eigenvalue weighted by Gasteiger charge is -2.32. The summed E-state index contributed by atoms with van der Waals surface area (Å²) in [5, 5.41) is 11.0. The molecule has 1 aliphatic rings. The summed E-state index contributed by atoms with van der Waals surface area (Å²) in [4.78, 5) is 31.0. The molecule has 1 fully saturated rings. The Kier molecular flexibility index (Phi) is 5.25. The van der Waals surface area contributed by atoms with E-state index in [1.165, 1.54) is 28.1 Å². The monoisotopic (exact) mass is 398 g/mol. The van der Waals surface area contributed by atoms with Crippen LogP contribution in [0.5, 0.6) is 0 Å². The van der Waals surface area contributed by atoms with E-state index in [4.69, 9.17) is 0 Å². The fraction of sp³-hybridized carbons (Fsp3) is 0.368. The molecule has 0 spiro atoms. The van der Waals surface area contributed by atoms with Crippen molar-refractivity contribution in [1.82, 2.24) is 19.9 Å². The summed E-state index contributed by atoms with van der Waals surface area (Å²) in [7, 11) is 0. The van der Waals surface area contributed by atoms with E-state index in [-0.39, 0.29) is 11.6 Å². The Morgan fingerprint density at radius 2 is 2.11 bits per heavy atom. The van der Waals surface area contributed by atoms with Gasteiger partial charge in [0.05, 0.1) is 0 Å². The number of anilines is 2. The van der Waals surface area contributed by atoms with Gasteiger partial charge in [-0.05, 0) is 37.8 Å². The molecule has 2 aromatic heterocycles. The molecule has 1 aromatic carbocycles. The van der Waals surface area contributed by atoms with Gasteiger partial charge in [-0.2, -0.15) is 4.52 Å². The minimum atomic E-state index is -0.197. The Balaban J connectivity index is 1.34. The highest BCUT2D eigenvalue weighted by atomic mass is 32.1. The molecule has 2 amide bonds. The molecule has 1 atom stereocenters. The number of nitrogens with one attached hydrogen (secondary N) is 2. The maximum absolute atomic E-state index is 12.2. The predicted octanol–water partition coefficient (Wildman–Crippen LogP) is 2.50. The van der Waals surface area contributed by atoms with Crippen molar-refractivity contribution in [3.05, 3.63) is 52.4 Å². The van der Waals surface area contributed by atoms with Crippen molar-refractivity contribution in [2.24, 2.45) is 5.92 Å². The predicted molar refractivity (Wildman–Crippen MR) is 110 cm³/mol. The molecule has 8 nitrogen and oxygen atoms in total. The van der Waals surface area contributed by atoms with Gasteiger partial charge in [-0.3, -0.25) is 4.79 Å². The number of fused-ring (bicyclic) bond motifs is 1. The van der Waals surface area contributed by atoms with Crippen LogP contribution in [0.25, 0.3) is 4.96 Å². The molecule has 4 rings (SSSR count). The first-order valence-corrected chi connectivity index (χ1v) is 10.1. The molecule has 1 saturated heterocycles. The van der Waals surface area contributed by atoms with Gasteiger partial charge in [-0.15, -0.1) is 5.10 Å². The van der Waals surface area contributed by atoms with Crippen LogP contribution in [-0.4, -0.2) is 40.3 Å². The number of hydrogen-bond donors (Lipinski definition) is 2. The third kappa shape index (κ3) is 4.14. The topological polar surface area (TPSA) is 91.6 Å². The Morgan fingerprint density at radius 3 is 2.89 bits per heavy atom. The number of piperidine rings is 1. The first kappa shape index (κ1) is 18.4. The van der Waals surface area contributed by atoms with Gasteiger partial charge in [0, 0.05) is 37.6 Å². The van der Waals surface area contributed by atoms with Crippen LogP contribution in [0.2, 0.25) is 0 Å². The van der Waals surface area contributed by atoms with Gasteiger partial charge in [0.15, 0.2) is 0 Å². The van der Waals surface area contributed by atoms with Gasteiger partial charge in [-0.25, -0.2) is 9.78 Å². The molecule has 2 N–H and O–H groups in total. The molecule has 0 unspecified atom stereocenters. The van der Waals surface area contributed by atoms with Crippen molar-refractivity contribution in [3.63, 3.8) is 0 Å². The number of nitrogens with zero attached hydrogens (tertiary/aromatic N) is 4. The summed E-state index contributed by atoms with van der Waals surface area (Å²) in [6.45, 7) is 4.29. The summed E-state index contributed by atoms with van der Waals surface area (Å²) in [5.74, 6) is 0.328. The van der Waals surface area contributed by atoms with Crippen LogP contribution >= 0.6 is 11.3 Å². The van der Waals surface area contributed by atoms with Crippen molar-refractivity contribution in [2.45, 2.75) is 19.8 Å². The Labute approximate surface area is 166 Å². The number of carbonyl (C=O) groups excluding carboxylic acids is 1. The van der Waals surface area contributed by atoms with E-state index in [1.807, 2.05) is 31.2 Å². The smallest absolute Gasteiger partial charge is 0.319 e. The van der Waals surface area contributed by atoms with E-state index in [0.717, 1.165) is 42.3 Å². The normalized spacial score (nSPS) is 16.9. The quantitative estimate of drug-likeness (QED) is 0.705. The Bertz CT molecular complexity index is 1030. The second-order valence-corrected chi connectivity index (χ2v) is 7.95. The number of aryl methyl sites for hydroxylation is 1. The molecule has 3 aromatic rings. The van der Waals surface area contributed by atoms with Crippen molar-refractivity contribution >= 4 is 33.1 Å². The molecule has 28 heavy (non-hydrogen) atoms. The summed E-state index contributed by atoms with van der Waals surface area (Å²) in [5.41, 5.74) is 1.76. The average molecular weight is 398 g/mol. The number of carbonyl (C=O) groups is 1. The summed E-state index contributed by atoms with van der Waals surface area (Å²) in [6, 6.07) is 8.92. The van der Waals surface area contributed by atoms with Gasteiger partial charge >= 0.3 is 6.03 Å². The van der Waals surface area contributed by atoms with Crippen LogP contribution in [0.1, 0.15) is 18.4 Å². The second-order valence-electron chi connectivity index (χ2n) is 7.02. The molecular weight excluding hydrogens is 376 g/mol. The van der Waals surface area contributed by atoms with Gasteiger partial charge in [0.2, 0.25) is 10.1 Å². The molecule has 0 bridgehead atoms. The van der Waals surface area contributed by atoms with E-state index >= 15 is 0 Å². The summed E-state index contributed by atoms with van der Waals surface area (Å²) < 4.78 is 1.34. The third-order valence-electron chi connectivity index (χ3n) is 4.81. The first-order chi connectivity index (χ1) is 13.6. The van der Waals surface area contributed by atoms with Crippen molar-refractivity contribution in [2.75, 3.05) is 29.9 Å². The van der Waals surface area contributed by atoms with E-state index in [0.29, 0.717) is 17.4 Å². The summed E-state index contributed by atoms with van der Waals surface area (Å²) >= 11 is 1.41. The zero-order valence-corrected chi connectivity index (χ0v) is 16.4. The van der Waals surface area contributed by atoms with E-state index in [9.17, 15) is 9.59 Å². The minimum Gasteiger partial charge on any atom is -0.346 e. The maximum atomic E-state index is 12.2. The summed E-state index contributed by atoms with van der Waals surface area (Å²) in [6.07, 6.45) is 3.57.